The second-order valence-electron chi connectivity index (χ2n) is 3.84. The van der Waals surface area contributed by atoms with Crippen LogP contribution < -0.4 is 5.32 Å². The Balaban J connectivity index is 1.80. The predicted molar refractivity (Wildman–Crippen MR) is 71.6 cm³/mol. The van der Waals surface area contributed by atoms with E-state index in [-0.39, 0.29) is 0 Å². The molecule has 17 heavy (non-hydrogen) atoms. The molecular weight excluding hydrogens is 234 g/mol. The van der Waals surface area contributed by atoms with E-state index < -0.39 is 0 Å². The Hall–Kier alpha value is -1.20. The molecule has 92 valence electrons. The first-order valence-corrected chi connectivity index (χ1v) is 6.71. The second kappa shape index (κ2) is 6.51. The Kier molecular flexibility index (Phi) is 4.70. The fraction of sp³-hybridized carbons (Fsp3) is 0.500. The molecule has 0 saturated heterocycles. The summed E-state index contributed by atoms with van der Waals surface area (Å²) in [5.41, 5.74) is 1.02. The monoisotopic (exact) mass is 251 g/mol. The zero-order chi connectivity index (χ0) is 11.9. The fourth-order valence-corrected chi connectivity index (χ4v) is 2.48. The summed E-state index contributed by atoms with van der Waals surface area (Å²) in [6.07, 6.45) is 5.05. The van der Waals surface area contributed by atoms with Gasteiger partial charge in [-0.25, -0.2) is 9.97 Å². The number of nitrogens with zero attached hydrogens (tertiary/aromatic N) is 2. The minimum Gasteiger partial charge on any atom is -0.385 e. The number of fused-ring (bicyclic) bond motifs is 1. The molecule has 2 aromatic rings. The number of ether oxygens (including phenoxy) is 1. The van der Waals surface area contributed by atoms with Gasteiger partial charge in [-0.3, -0.25) is 0 Å². The van der Waals surface area contributed by atoms with Crippen molar-refractivity contribution in [2.75, 3.05) is 25.6 Å². The normalized spacial score (nSPS) is 10.9. The van der Waals surface area contributed by atoms with E-state index in [2.05, 4.69) is 15.3 Å². The summed E-state index contributed by atoms with van der Waals surface area (Å²) in [6, 6.07) is 2.02. The van der Waals surface area contributed by atoms with E-state index in [1.807, 2.05) is 11.4 Å². The molecule has 0 fully saturated rings. The number of aromatic nitrogens is 2. The van der Waals surface area contributed by atoms with Crippen LogP contribution in [0.4, 0.5) is 5.82 Å². The van der Waals surface area contributed by atoms with Crippen LogP contribution >= 0.6 is 11.3 Å². The van der Waals surface area contributed by atoms with E-state index in [9.17, 15) is 0 Å². The van der Waals surface area contributed by atoms with Crippen LogP contribution in [-0.2, 0) is 4.74 Å². The average molecular weight is 251 g/mol. The Bertz CT molecular complexity index is 458. The summed E-state index contributed by atoms with van der Waals surface area (Å²) in [6.45, 7) is 1.80. The van der Waals surface area contributed by atoms with Crippen LogP contribution in [0.2, 0.25) is 0 Å². The molecule has 0 aliphatic rings. The van der Waals surface area contributed by atoms with Gasteiger partial charge in [0.2, 0.25) is 0 Å². The molecule has 0 aliphatic heterocycles. The number of hydrogen-bond acceptors (Lipinski definition) is 5. The lowest BCUT2D eigenvalue weighted by molar-refractivity contribution is 0.192. The first kappa shape index (κ1) is 12.3. The van der Waals surface area contributed by atoms with Crippen molar-refractivity contribution in [1.82, 2.24) is 9.97 Å². The second-order valence-corrected chi connectivity index (χ2v) is 4.75. The lowest BCUT2D eigenvalue weighted by atomic mass is 10.2. The molecule has 0 unspecified atom stereocenters. The quantitative estimate of drug-likeness (QED) is 0.769. The minimum absolute atomic E-state index is 0.850. The molecule has 4 nitrogen and oxygen atoms in total. The van der Waals surface area contributed by atoms with Crippen molar-refractivity contribution < 1.29 is 4.74 Å². The molecule has 0 aromatic carbocycles. The average Bonchev–Trinajstić information content (AvgIpc) is 2.82. The molecule has 5 heteroatoms. The van der Waals surface area contributed by atoms with E-state index in [4.69, 9.17) is 4.74 Å². The van der Waals surface area contributed by atoms with Crippen LogP contribution in [0.5, 0.6) is 0 Å². The largest absolute Gasteiger partial charge is 0.385 e. The van der Waals surface area contributed by atoms with Gasteiger partial charge in [0.05, 0.1) is 10.2 Å². The standard InChI is InChI=1S/C12H17N3OS/c1-16-7-4-2-3-6-13-12-11-10(5-8-17-11)14-9-15-12/h5,8-9H,2-4,6-7H2,1H3,(H,13,14,15). The predicted octanol–water partition coefficient (Wildman–Crippen LogP) is 2.92. The van der Waals surface area contributed by atoms with E-state index >= 15 is 0 Å². The highest BCUT2D eigenvalue weighted by Crippen LogP contribution is 2.24. The summed E-state index contributed by atoms with van der Waals surface area (Å²) >= 11 is 1.68. The number of hydrogen-bond donors (Lipinski definition) is 1. The molecule has 2 rings (SSSR count). The maximum absolute atomic E-state index is 5.01. The van der Waals surface area contributed by atoms with Gasteiger partial charge in [0, 0.05) is 20.3 Å². The molecule has 0 spiro atoms. The molecule has 1 N–H and O–H groups in total. The minimum atomic E-state index is 0.850. The van der Waals surface area contributed by atoms with Gasteiger partial charge in [0.25, 0.3) is 0 Å². The Morgan fingerprint density at radius 3 is 3.12 bits per heavy atom. The molecule has 0 atom stereocenters. The van der Waals surface area contributed by atoms with Crippen molar-refractivity contribution in [2.24, 2.45) is 0 Å². The highest BCUT2D eigenvalue weighted by molar-refractivity contribution is 7.17. The lowest BCUT2D eigenvalue weighted by Crippen LogP contribution is -2.04. The van der Waals surface area contributed by atoms with Crippen LogP contribution in [0.15, 0.2) is 17.8 Å². The third kappa shape index (κ3) is 3.38. The fourth-order valence-electron chi connectivity index (χ4n) is 1.67. The van der Waals surface area contributed by atoms with Crippen LogP contribution in [0.25, 0.3) is 10.2 Å². The number of rotatable bonds is 7. The first-order valence-electron chi connectivity index (χ1n) is 5.83. The Labute approximate surface area is 105 Å². The van der Waals surface area contributed by atoms with Gasteiger partial charge < -0.3 is 10.1 Å². The maximum Gasteiger partial charge on any atom is 0.147 e. The van der Waals surface area contributed by atoms with Crippen molar-refractivity contribution in [3.8, 4) is 0 Å². The van der Waals surface area contributed by atoms with Gasteiger partial charge in [-0.05, 0) is 30.7 Å². The summed E-state index contributed by atoms with van der Waals surface area (Å²) in [5.74, 6) is 0.955. The zero-order valence-corrected chi connectivity index (χ0v) is 10.8. The molecule has 0 amide bonds. The SMILES string of the molecule is COCCCCCNc1ncnc2ccsc12. The van der Waals surface area contributed by atoms with Gasteiger partial charge in [-0.15, -0.1) is 11.3 Å². The Morgan fingerprint density at radius 1 is 1.29 bits per heavy atom. The third-order valence-corrected chi connectivity index (χ3v) is 3.47. The van der Waals surface area contributed by atoms with Crippen LogP contribution in [-0.4, -0.2) is 30.2 Å². The van der Waals surface area contributed by atoms with E-state index in [1.54, 1.807) is 24.8 Å². The topological polar surface area (TPSA) is 47.0 Å². The Morgan fingerprint density at radius 2 is 2.24 bits per heavy atom. The van der Waals surface area contributed by atoms with Crippen molar-refractivity contribution in [3.05, 3.63) is 17.8 Å². The van der Waals surface area contributed by atoms with Crippen molar-refractivity contribution in [3.63, 3.8) is 0 Å². The van der Waals surface area contributed by atoms with Gasteiger partial charge >= 0.3 is 0 Å². The highest BCUT2D eigenvalue weighted by atomic mass is 32.1. The van der Waals surface area contributed by atoms with Gasteiger partial charge in [-0.1, -0.05) is 0 Å². The molecule has 2 heterocycles. The summed E-state index contributed by atoms with van der Waals surface area (Å²) in [7, 11) is 1.74. The zero-order valence-electron chi connectivity index (χ0n) is 9.98. The van der Waals surface area contributed by atoms with Gasteiger partial charge in [0.1, 0.15) is 12.1 Å². The van der Waals surface area contributed by atoms with Crippen molar-refractivity contribution in [2.45, 2.75) is 19.3 Å². The van der Waals surface area contributed by atoms with Crippen LogP contribution in [0.3, 0.4) is 0 Å². The van der Waals surface area contributed by atoms with E-state index in [0.29, 0.717) is 0 Å². The van der Waals surface area contributed by atoms with Crippen molar-refractivity contribution in [1.29, 1.82) is 0 Å². The molecule has 0 radical (unpaired) electrons. The molecule has 0 bridgehead atoms. The number of unbranched alkanes of at least 4 members (excludes halogenated alkanes) is 2. The number of nitrogens with one attached hydrogen (secondary N) is 1. The lowest BCUT2D eigenvalue weighted by Gasteiger charge is -2.05. The highest BCUT2D eigenvalue weighted by Gasteiger charge is 2.03. The van der Waals surface area contributed by atoms with E-state index in [0.717, 1.165) is 42.0 Å². The molecule has 0 aliphatic carbocycles. The van der Waals surface area contributed by atoms with Crippen LogP contribution in [0, 0.1) is 0 Å². The van der Waals surface area contributed by atoms with E-state index in [1.165, 1.54) is 6.42 Å². The first-order chi connectivity index (χ1) is 8.42. The number of methoxy groups -OCH3 is 1. The smallest absolute Gasteiger partial charge is 0.147 e. The number of thiophene rings is 1. The number of anilines is 1. The van der Waals surface area contributed by atoms with Crippen LogP contribution in [0.1, 0.15) is 19.3 Å². The van der Waals surface area contributed by atoms with Gasteiger partial charge in [-0.2, -0.15) is 0 Å². The summed E-state index contributed by atoms with van der Waals surface area (Å²) in [5, 5.41) is 5.41. The van der Waals surface area contributed by atoms with Gasteiger partial charge in [0.15, 0.2) is 0 Å². The molecular formula is C12H17N3OS. The van der Waals surface area contributed by atoms with Crippen molar-refractivity contribution >= 4 is 27.4 Å². The maximum atomic E-state index is 5.01. The summed E-state index contributed by atoms with van der Waals surface area (Å²) in [4.78, 5) is 8.49. The third-order valence-electron chi connectivity index (χ3n) is 2.56. The molecule has 2 aromatic heterocycles. The summed E-state index contributed by atoms with van der Waals surface area (Å²) < 4.78 is 6.16. The molecule has 0 saturated carbocycles.